The molecule has 0 saturated heterocycles. The van der Waals surface area contributed by atoms with E-state index in [0.29, 0.717) is 29.6 Å². The van der Waals surface area contributed by atoms with Crippen molar-refractivity contribution in [2.45, 2.75) is 45.1 Å². The molecule has 0 amide bonds. The van der Waals surface area contributed by atoms with Crippen LogP contribution in [0.25, 0.3) is 0 Å². The summed E-state index contributed by atoms with van der Waals surface area (Å²) < 4.78 is 0. The van der Waals surface area contributed by atoms with Crippen LogP contribution in [-0.2, 0) is 4.79 Å². The summed E-state index contributed by atoms with van der Waals surface area (Å²) in [6.07, 6.45) is 5.31. The zero-order valence-corrected chi connectivity index (χ0v) is 7.68. The highest BCUT2D eigenvalue weighted by atomic mass is 16.1. The predicted molar refractivity (Wildman–Crippen MR) is 47.7 cm³/mol. The Hall–Kier alpha value is -0.370. The first-order valence-electron chi connectivity index (χ1n) is 4.93. The van der Waals surface area contributed by atoms with Gasteiger partial charge in [-0.3, -0.25) is 4.79 Å². The van der Waals surface area contributed by atoms with Crippen molar-refractivity contribution < 1.29 is 4.79 Å². The van der Waals surface area contributed by atoms with Gasteiger partial charge in [-0.1, -0.05) is 6.92 Å². The van der Waals surface area contributed by atoms with E-state index >= 15 is 0 Å². The number of rotatable bonds is 2. The number of hydrogen-bond donors (Lipinski definition) is 1. The Labute approximate surface area is 73.5 Å². The van der Waals surface area contributed by atoms with Crippen LogP contribution in [-0.4, -0.2) is 11.8 Å². The summed E-state index contributed by atoms with van der Waals surface area (Å²) in [5.41, 5.74) is 6.26. The van der Waals surface area contributed by atoms with Gasteiger partial charge in [-0.15, -0.1) is 0 Å². The monoisotopic (exact) mass is 167 g/mol. The fourth-order valence-corrected chi connectivity index (χ4v) is 2.89. The van der Waals surface area contributed by atoms with Gasteiger partial charge in [0.25, 0.3) is 0 Å². The van der Waals surface area contributed by atoms with Gasteiger partial charge in [0.2, 0.25) is 0 Å². The minimum Gasteiger partial charge on any atom is -0.328 e. The van der Waals surface area contributed by atoms with Gasteiger partial charge in [0.05, 0.1) is 0 Å². The molecule has 0 aromatic carbocycles. The van der Waals surface area contributed by atoms with Crippen LogP contribution in [0.2, 0.25) is 0 Å². The fraction of sp³-hybridized carbons (Fsp3) is 0.900. The third-order valence-corrected chi connectivity index (χ3v) is 3.55. The van der Waals surface area contributed by atoms with Crippen LogP contribution in [0.3, 0.4) is 0 Å². The van der Waals surface area contributed by atoms with E-state index in [1.807, 2.05) is 6.92 Å². The van der Waals surface area contributed by atoms with Crippen molar-refractivity contribution >= 4 is 5.78 Å². The van der Waals surface area contributed by atoms with E-state index in [0.717, 1.165) is 12.8 Å². The minimum atomic E-state index is 0.391. The molecule has 2 aliphatic rings. The second-order valence-electron chi connectivity index (χ2n) is 4.59. The normalized spacial score (nSPS) is 45.2. The largest absolute Gasteiger partial charge is 0.328 e. The maximum atomic E-state index is 11.3. The molecule has 2 fully saturated rings. The van der Waals surface area contributed by atoms with E-state index in [1.54, 1.807) is 0 Å². The van der Waals surface area contributed by atoms with E-state index in [2.05, 4.69) is 0 Å². The first-order valence-corrected chi connectivity index (χ1v) is 4.93. The molecule has 0 atom stereocenters. The van der Waals surface area contributed by atoms with Crippen molar-refractivity contribution in [2.24, 2.45) is 17.1 Å². The number of carbonyl (C=O) groups is 1. The lowest BCUT2D eigenvalue weighted by Crippen LogP contribution is -2.54. The number of Topliss-reactive ketones (excluding diaryl/α,β-unsaturated/α-hetero) is 1. The van der Waals surface area contributed by atoms with Gasteiger partial charge in [0.1, 0.15) is 5.78 Å². The third-order valence-electron chi connectivity index (χ3n) is 3.55. The molecule has 2 aliphatic carbocycles. The fourth-order valence-electron chi connectivity index (χ4n) is 2.89. The van der Waals surface area contributed by atoms with Gasteiger partial charge in [-0.2, -0.15) is 0 Å². The molecule has 12 heavy (non-hydrogen) atoms. The molecule has 2 N–H and O–H groups in total. The summed E-state index contributed by atoms with van der Waals surface area (Å²) in [5.74, 6) is 0.851. The maximum absolute atomic E-state index is 11.3. The van der Waals surface area contributed by atoms with Crippen LogP contribution < -0.4 is 5.73 Å². The number of ketones is 1. The molecule has 0 aromatic heterocycles. The molecular formula is C10H17NO. The van der Waals surface area contributed by atoms with E-state index < -0.39 is 0 Å². The van der Waals surface area contributed by atoms with E-state index in [9.17, 15) is 4.79 Å². The second-order valence-corrected chi connectivity index (χ2v) is 4.59. The molecular weight excluding hydrogens is 150 g/mol. The number of nitrogens with two attached hydrogens (primary N) is 1. The first-order chi connectivity index (χ1) is 5.65. The lowest BCUT2D eigenvalue weighted by molar-refractivity contribution is -0.135. The average Bonchev–Trinajstić information content (AvgIpc) is 1.92. The average molecular weight is 167 g/mol. The standard InChI is InChI=1S/C10H17NO/c1-2-9(12)7-3-10(4-7)5-8(11)6-10/h7-8H,2-6,11H2,1H3. The summed E-state index contributed by atoms with van der Waals surface area (Å²) in [6, 6.07) is 0.433. The molecule has 0 radical (unpaired) electrons. The molecule has 68 valence electrons. The molecule has 0 unspecified atom stereocenters. The Morgan fingerprint density at radius 3 is 2.42 bits per heavy atom. The van der Waals surface area contributed by atoms with Crippen LogP contribution in [0.1, 0.15) is 39.0 Å². The molecule has 0 aromatic rings. The molecule has 0 aliphatic heterocycles. The van der Waals surface area contributed by atoms with Crippen LogP contribution in [0.15, 0.2) is 0 Å². The molecule has 0 heterocycles. The summed E-state index contributed by atoms with van der Waals surface area (Å²) in [5, 5.41) is 0. The quantitative estimate of drug-likeness (QED) is 0.677. The highest BCUT2D eigenvalue weighted by molar-refractivity contribution is 5.81. The van der Waals surface area contributed by atoms with Gasteiger partial charge in [-0.05, 0) is 31.1 Å². The van der Waals surface area contributed by atoms with E-state index in [1.165, 1.54) is 12.8 Å². The highest BCUT2D eigenvalue weighted by Gasteiger charge is 2.53. The maximum Gasteiger partial charge on any atom is 0.135 e. The molecule has 2 nitrogen and oxygen atoms in total. The lowest BCUT2D eigenvalue weighted by Gasteiger charge is -2.56. The van der Waals surface area contributed by atoms with Crippen molar-refractivity contribution in [3.63, 3.8) is 0 Å². The number of hydrogen-bond acceptors (Lipinski definition) is 2. The van der Waals surface area contributed by atoms with Crippen LogP contribution in [0, 0.1) is 11.3 Å². The van der Waals surface area contributed by atoms with E-state index in [4.69, 9.17) is 5.73 Å². The molecule has 2 saturated carbocycles. The first kappa shape index (κ1) is 8.24. The summed E-state index contributed by atoms with van der Waals surface area (Å²) in [4.78, 5) is 11.3. The smallest absolute Gasteiger partial charge is 0.135 e. The topological polar surface area (TPSA) is 43.1 Å². The zero-order chi connectivity index (χ0) is 8.77. The summed E-state index contributed by atoms with van der Waals surface area (Å²) >= 11 is 0. The second kappa shape index (κ2) is 2.56. The Morgan fingerprint density at radius 1 is 1.42 bits per heavy atom. The number of carbonyl (C=O) groups excluding carboxylic acids is 1. The zero-order valence-electron chi connectivity index (χ0n) is 7.68. The molecule has 2 heteroatoms. The SMILES string of the molecule is CCC(=O)C1CC2(CC(N)C2)C1. The van der Waals surface area contributed by atoms with Crippen LogP contribution in [0.4, 0.5) is 0 Å². The van der Waals surface area contributed by atoms with Gasteiger partial charge in [0, 0.05) is 18.4 Å². The van der Waals surface area contributed by atoms with Crippen molar-refractivity contribution in [3.05, 3.63) is 0 Å². The van der Waals surface area contributed by atoms with E-state index in [-0.39, 0.29) is 0 Å². The van der Waals surface area contributed by atoms with Crippen molar-refractivity contribution in [1.29, 1.82) is 0 Å². The van der Waals surface area contributed by atoms with Crippen LogP contribution in [0.5, 0.6) is 0 Å². The minimum absolute atomic E-state index is 0.391. The van der Waals surface area contributed by atoms with Gasteiger partial charge in [0.15, 0.2) is 0 Å². The van der Waals surface area contributed by atoms with Crippen molar-refractivity contribution in [1.82, 2.24) is 0 Å². The van der Waals surface area contributed by atoms with Crippen molar-refractivity contribution in [3.8, 4) is 0 Å². The Kier molecular flexibility index (Phi) is 1.76. The Bertz CT molecular complexity index is 198. The predicted octanol–water partition coefficient (Wildman–Crippen LogP) is 1.48. The molecule has 0 bridgehead atoms. The van der Waals surface area contributed by atoms with Gasteiger partial charge < -0.3 is 5.73 Å². The molecule has 2 rings (SSSR count). The summed E-state index contributed by atoms with van der Waals surface area (Å²) in [6.45, 7) is 1.96. The Balaban J connectivity index is 1.81. The molecule has 1 spiro atoms. The van der Waals surface area contributed by atoms with Gasteiger partial charge in [-0.25, -0.2) is 0 Å². The highest BCUT2D eigenvalue weighted by Crippen LogP contribution is 2.58. The van der Waals surface area contributed by atoms with Crippen molar-refractivity contribution in [2.75, 3.05) is 0 Å². The Morgan fingerprint density at radius 2 is 2.00 bits per heavy atom. The third kappa shape index (κ3) is 1.09. The van der Waals surface area contributed by atoms with Gasteiger partial charge >= 0.3 is 0 Å². The summed E-state index contributed by atoms with van der Waals surface area (Å²) in [7, 11) is 0. The lowest BCUT2D eigenvalue weighted by atomic mass is 9.49. The van der Waals surface area contributed by atoms with Crippen LogP contribution >= 0.6 is 0 Å².